The Morgan fingerprint density at radius 1 is 1.04 bits per heavy atom. The van der Waals surface area contributed by atoms with E-state index in [9.17, 15) is 9.59 Å². The number of hydrogen-bond acceptors (Lipinski definition) is 5. The molecule has 1 saturated carbocycles. The number of benzene rings is 1. The molecule has 26 heavy (non-hydrogen) atoms. The van der Waals surface area contributed by atoms with Crippen molar-refractivity contribution in [2.24, 2.45) is 11.8 Å². The third-order valence-corrected chi connectivity index (χ3v) is 5.57. The molecule has 1 aliphatic heterocycles. The average Bonchev–Trinajstić information content (AvgIpc) is 2.56. The number of ketones is 1. The van der Waals surface area contributed by atoms with Crippen LogP contribution < -0.4 is 0 Å². The molecule has 2 aliphatic rings. The first-order valence-corrected chi connectivity index (χ1v) is 9.46. The molecule has 1 aromatic rings. The summed E-state index contributed by atoms with van der Waals surface area (Å²) in [4.78, 5) is 25.3. The first-order chi connectivity index (χ1) is 12.4. The highest BCUT2D eigenvalue weighted by Gasteiger charge is 2.53. The minimum absolute atomic E-state index is 0.0129. The molecule has 0 spiro atoms. The Bertz CT molecular complexity index is 673. The first kappa shape index (κ1) is 19.1. The van der Waals surface area contributed by atoms with Gasteiger partial charge in [-0.15, -0.1) is 0 Å². The van der Waals surface area contributed by atoms with Gasteiger partial charge in [-0.1, -0.05) is 17.7 Å². The average molecular weight is 360 g/mol. The zero-order chi connectivity index (χ0) is 18.9. The number of rotatable bonds is 5. The maximum atomic E-state index is 13.3. The Balaban J connectivity index is 1.78. The van der Waals surface area contributed by atoms with Gasteiger partial charge in [0.05, 0.1) is 12.5 Å². The van der Waals surface area contributed by atoms with E-state index < -0.39 is 5.79 Å². The van der Waals surface area contributed by atoms with Crippen LogP contribution in [0.1, 0.15) is 54.9 Å². The van der Waals surface area contributed by atoms with Gasteiger partial charge in [-0.3, -0.25) is 9.59 Å². The van der Waals surface area contributed by atoms with Crippen LogP contribution in [0.3, 0.4) is 0 Å². The van der Waals surface area contributed by atoms with Gasteiger partial charge in [-0.2, -0.15) is 0 Å². The van der Waals surface area contributed by atoms with Crippen LogP contribution in [0.5, 0.6) is 0 Å². The Labute approximate surface area is 155 Å². The molecule has 1 aromatic carbocycles. The van der Waals surface area contributed by atoms with Crippen molar-refractivity contribution in [1.29, 1.82) is 0 Å². The molecular formula is C21H28O5. The number of hydrogen-bond donors (Lipinski definition) is 0. The topological polar surface area (TPSA) is 61.8 Å². The van der Waals surface area contributed by atoms with Crippen molar-refractivity contribution < 1.29 is 23.8 Å². The summed E-state index contributed by atoms with van der Waals surface area (Å²) in [7, 11) is 0. The van der Waals surface area contributed by atoms with Gasteiger partial charge < -0.3 is 14.2 Å². The van der Waals surface area contributed by atoms with Gasteiger partial charge >= 0.3 is 5.97 Å². The monoisotopic (exact) mass is 360 g/mol. The van der Waals surface area contributed by atoms with Gasteiger partial charge in [0.2, 0.25) is 0 Å². The van der Waals surface area contributed by atoms with Crippen LogP contribution in [-0.2, 0) is 29.6 Å². The summed E-state index contributed by atoms with van der Waals surface area (Å²) >= 11 is 0. The highest BCUT2D eigenvalue weighted by molar-refractivity contribution is 5.90. The maximum absolute atomic E-state index is 13.3. The summed E-state index contributed by atoms with van der Waals surface area (Å²) in [6.45, 7) is 8.37. The van der Waals surface area contributed by atoms with E-state index in [1.165, 1.54) is 0 Å². The van der Waals surface area contributed by atoms with Crippen LogP contribution in [0, 0.1) is 32.6 Å². The van der Waals surface area contributed by atoms with Crippen LogP contribution in [0.4, 0.5) is 0 Å². The van der Waals surface area contributed by atoms with Crippen molar-refractivity contribution in [3.8, 4) is 0 Å². The molecule has 142 valence electrons. The second kappa shape index (κ2) is 7.49. The van der Waals surface area contributed by atoms with Crippen LogP contribution in [-0.4, -0.2) is 25.2 Å². The van der Waals surface area contributed by atoms with Crippen molar-refractivity contribution in [1.82, 2.24) is 0 Å². The van der Waals surface area contributed by atoms with Gasteiger partial charge in [0.1, 0.15) is 0 Å². The van der Waals surface area contributed by atoms with E-state index in [0.717, 1.165) is 22.3 Å². The van der Waals surface area contributed by atoms with Crippen LogP contribution in [0.25, 0.3) is 0 Å². The summed E-state index contributed by atoms with van der Waals surface area (Å²) in [6.07, 6.45) is 2.69. The quantitative estimate of drug-likeness (QED) is 0.749. The Morgan fingerprint density at radius 2 is 1.58 bits per heavy atom. The molecule has 2 fully saturated rings. The van der Waals surface area contributed by atoms with Crippen LogP contribution >= 0.6 is 0 Å². The lowest BCUT2D eigenvalue weighted by Gasteiger charge is -2.44. The lowest BCUT2D eigenvalue weighted by molar-refractivity contribution is -0.385. The number of Topliss-reactive ketones (excluding diaryl/α,β-unsaturated/α-hetero) is 1. The second-order valence-corrected chi connectivity index (χ2v) is 7.46. The standard InChI is InChI=1S/C21H28O5/c1-5-24-20(23)17-8-6-16(7-9-17)19(22)21(25-12-26-21)18-14(3)10-13(2)11-15(18)4/h10-11,16-17H,5-9,12H2,1-4H3. The van der Waals surface area contributed by atoms with Crippen molar-refractivity contribution >= 4 is 11.8 Å². The third kappa shape index (κ3) is 3.30. The second-order valence-electron chi connectivity index (χ2n) is 7.46. The summed E-state index contributed by atoms with van der Waals surface area (Å²) in [5.74, 6) is -1.68. The maximum Gasteiger partial charge on any atom is 0.308 e. The Kier molecular flexibility index (Phi) is 5.49. The fourth-order valence-corrected chi connectivity index (χ4v) is 4.41. The molecular weight excluding hydrogens is 332 g/mol. The normalized spacial score (nSPS) is 24.6. The van der Waals surface area contributed by atoms with Gasteiger partial charge in [0.25, 0.3) is 5.79 Å². The molecule has 0 aromatic heterocycles. The molecule has 0 N–H and O–H groups in total. The molecule has 0 bridgehead atoms. The van der Waals surface area contributed by atoms with E-state index in [1.54, 1.807) is 0 Å². The van der Waals surface area contributed by atoms with E-state index in [4.69, 9.17) is 14.2 Å². The molecule has 1 heterocycles. The van der Waals surface area contributed by atoms with Gasteiger partial charge in [0.15, 0.2) is 12.6 Å². The number of aryl methyl sites for hydroxylation is 3. The van der Waals surface area contributed by atoms with E-state index >= 15 is 0 Å². The predicted molar refractivity (Wildman–Crippen MR) is 96.5 cm³/mol. The molecule has 1 aliphatic carbocycles. The minimum atomic E-state index is -1.27. The fourth-order valence-electron chi connectivity index (χ4n) is 4.41. The zero-order valence-electron chi connectivity index (χ0n) is 16.1. The number of ether oxygens (including phenoxy) is 3. The fraction of sp³-hybridized carbons (Fsp3) is 0.619. The summed E-state index contributed by atoms with van der Waals surface area (Å²) in [5.41, 5.74) is 4.01. The van der Waals surface area contributed by atoms with Crippen LogP contribution in [0.2, 0.25) is 0 Å². The van der Waals surface area contributed by atoms with Crippen molar-refractivity contribution in [2.45, 2.75) is 59.2 Å². The first-order valence-electron chi connectivity index (χ1n) is 9.46. The molecule has 0 amide bonds. The largest absolute Gasteiger partial charge is 0.466 e. The lowest BCUT2D eigenvalue weighted by Crippen LogP contribution is -2.54. The predicted octanol–water partition coefficient (Wildman–Crippen LogP) is 3.71. The molecule has 0 atom stereocenters. The number of carbonyl (C=O) groups is 2. The summed E-state index contributed by atoms with van der Waals surface area (Å²) in [6, 6.07) is 4.11. The van der Waals surface area contributed by atoms with Crippen LogP contribution in [0.15, 0.2) is 12.1 Å². The van der Waals surface area contributed by atoms with E-state index in [1.807, 2.05) is 27.7 Å². The van der Waals surface area contributed by atoms with E-state index in [-0.39, 0.29) is 30.4 Å². The van der Waals surface area contributed by atoms with Gasteiger partial charge in [-0.05, 0) is 64.5 Å². The van der Waals surface area contributed by atoms with Gasteiger partial charge in [0, 0.05) is 11.5 Å². The van der Waals surface area contributed by atoms with Crippen molar-refractivity contribution in [2.75, 3.05) is 13.4 Å². The van der Waals surface area contributed by atoms with Gasteiger partial charge in [-0.25, -0.2) is 0 Å². The molecule has 1 saturated heterocycles. The van der Waals surface area contributed by atoms with E-state index in [0.29, 0.717) is 32.3 Å². The Morgan fingerprint density at radius 3 is 2.04 bits per heavy atom. The lowest BCUT2D eigenvalue weighted by atomic mass is 9.76. The van der Waals surface area contributed by atoms with E-state index in [2.05, 4.69) is 12.1 Å². The highest BCUT2D eigenvalue weighted by Crippen LogP contribution is 2.44. The molecule has 0 unspecified atom stereocenters. The Hall–Kier alpha value is -1.72. The molecule has 3 rings (SSSR count). The smallest absolute Gasteiger partial charge is 0.308 e. The molecule has 5 nitrogen and oxygen atoms in total. The summed E-state index contributed by atoms with van der Waals surface area (Å²) < 4.78 is 16.7. The zero-order valence-corrected chi connectivity index (χ0v) is 16.1. The summed E-state index contributed by atoms with van der Waals surface area (Å²) in [5, 5.41) is 0. The third-order valence-electron chi connectivity index (χ3n) is 5.57. The highest BCUT2D eigenvalue weighted by atomic mass is 16.9. The number of carbonyl (C=O) groups excluding carboxylic acids is 2. The minimum Gasteiger partial charge on any atom is -0.466 e. The SMILES string of the molecule is CCOC(=O)C1CCC(C(=O)C2(c3c(C)cc(C)cc3C)OCO2)CC1. The van der Waals surface area contributed by atoms with Crippen molar-refractivity contribution in [3.63, 3.8) is 0 Å². The molecule has 5 heteroatoms. The number of esters is 1. The van der Waals surface area contributed by atoms with Crippen molar-refractivity contribution in [3.05, 3.63) is 34.4 Å². The molecule has 0 radical (unpaired) electrons.